The van der Waals surface area contributed by atoms with Gasteiger partial charge in [-0.1, -0.05) is 47.1 Å². The summed E-state index contributed by atoms with van der Waals surface area (Å²) in [6.07, 6.45) is 3.78. The average Bonchev–Trinajstić information content (AvgIpc) is 3.69. The van der Waals surface area contributed by atoms with Crippen LogP contribution < -0.4 is 21.3 Å². The lowest BCUT2D eigenvalue weighted by Gasteiger charge is -2.15. The van der Waals surface area contributed by atoms with Gasteiger partial charge in [-0.25, -0.2) is 14.3 Å². The van der Waals surface area contributed by atoms with E-state index in [1.807, 2.05) is 30.3 Å². The Morgan fingerprint density at radius 2 is 2.02 bits per heavy atom. The van der Waals surface area contributed by atoms with Gasteiger partial charge < -0.3 is 24.6 Å². The van der Waals surface area contributed by atoms with Gasteiger partial charge in [0, 0.05) is 41.9 Å². The van der Waals surface area contributed by atoms with Crippen LogP contribution in [0.4, 0.5) is 0 Å². The average molecular weight is 637 g/mol. The number of aliphatic hydroxyl groups excluding tert-OH is 1. The van der Waals surface area contributed by atoms with Crippen molar-refractivity contribution in [1.29, 1.82) is 0 Å². The van der Waals surface area contributed by atoms with Gasteiger partial charge in [0.1, 0.15) is 24.7 Å². The number of nitrogens with zero attached hydrogens (tertiary/aromatic N) is 4. The molecule has 3 N–H and O–H groups in total. The Morgan fingerprint density at radius 3 is 2.78 bits per heavy atom. The molecule has 0 bridgehead atoms. The van der Waals surface area contributed by atoms with E-state index in [0.29, 0.717) is 46.2 Å². The molecule has 0 amide bonds. The third-order valence-electron chi connectivity index (χ3n) is 7.35. The largest absolute Gasteiger partial charge is 0.488 e. The monoisotopic (exact) mass is 636 g/mol. The maximum absolute atomic E-state index is 12.7. The number of nitrogens with one attached hydrogen (secondary N) is 2. The number of aromatic nitrogens is 5. The summed E-state index contributed by atoms with van der Waals surface area (Å²) in [6, 6.07) is 14.5. The van der Waals surface area contributed by atoms with Crippen molar-refractivity contribution in [3.8, 4) is 5.75 Å². The van der Waals surface area contributed by atoms with E-state index in [1.54, 1.807) is 42.1 Å². The van der Waals surface area contributed by atoms with Crippen LogP contribution in [0.25, 0.3) is 6.08 Å². The zero-order valence-electron chi connectivity index (χ0n) is 24.7. The van der Waals surface area contributed by atoms with Crippen LogP contribution in [0, 0.1) is 6.92 Å². The molecule has 45 heavy (non-hydrogen) atoms. The first-order valence-electron chi connectivity index (χ1n) is 14.2. The van der Waals surface area contributed by atoms with Crippen LogP contribution in [0.15, 0.2) is 76.1 Å². The van der Waals surface area contributed by atoms with E-state index in [4.69, 9.17) is 25.8 Å². The summed E-state index contributed by atoms with van der Waals surface area (Å²) in [6.45, 7) is 2.04. The van der Waals surface area contributed by atoms with Gasteiger partial charge in [0.15, 0.2) is 0 Å². The second kappa shape index (κ2) is 14.5. The standard InChI is InChI=1S/C31H33ClN6O7/c1-19-15-37(31(42)34-29(19)40)28-12-25(27(17-39)45-28)38-16-24(35-36-38)14-33-13-22(30(41)43-2)10-21-11-23(32)8-9-26(21)44-18-20-6-4-3-5-7-20/h3-11,15-16,25,27-28,33,39H,12-14,17-18H2,1-2H3,(H,34,40,42)/b22-10+/t25-,27+,28+/m0/s1. The molecule has 1 saturated heterocycles. The molecule has 13 nitrogen and oxygen atoms in total. The molecule has 2 aromatic heterocycles. The smallest absolute Gasteiger partial charge is 0.335 e. The molecule has 1 aliphatic heterocycles. The number of methoxy groups -OCH3 is 1. The number of rotatable bonds is 12. The number of hydrogen-bond donors (Lipinski definition) is 3. The zero-order valence-corrected chi connectivity index (χ0v) is 25.4. The van der Waals surface area contributed by atoms with Crippen LogP contribution in [-0.2, 0) is 27.4 Å². The minimum Gasteiger partial charge on any atom is -0.488 e. The molecule has 0 unspecified atom stereocenters. The predicted octanol–water partition coefficient (Wildman–Crippen LogP) is 2.54. The highest BCUT2D eigenvalue weighted by Gasteiger charge is 2.38. The molecular weight excluding hydrogens is 604 g/mol. The summed E-state index contributed by atoms with van der Waals surface area (Å²) in [5, 5.41) is 22.1. The first kappa shape index (κ1) is 31.9. The quantitative estimate of drug-likeness (QED) is 0.156. The topological polar surface area (TPSA) is 163 Å². The third kappa shape index (κ3) is 7.75. The Hall–Kier alpha value is -4.56. The van der Waals surface area contributed by atoms with Crippen LogP contribution >= 0.6 is 11.6 Å². The van der Waals surface area contributed by atoms with Crippen molar-refractivity contribution in [2.45, 2.75) is 44.9 Å². The van der Waals surface area contributed by atoms with Gasteiger partial charge in [-0.3, -0.25) is 14.3 Å². The number of carbonyl (C=O) groups excluding carboxylic acids is 1. The minimum atomic E-state index is -0.707. The fourth-order valence-electron chi connectivity index (χ4n) is 5.01. The number of aromatic amines is 1. The molecule has 1 aliphatic rings. The Morgan fingerprint density at radius 1 is 1.22 bits per heavy atom. The Balaban J connectivity index is 1.26. The molecule has 0 saturated carbocycles. The van der Waals surface area contributed by atoms with E-state index in [0.717, 1.165) is 5.56 Å². The predicted molar refractivity (Wildman–Crippen MR) is 165 cm³/mol. The molecule has 4 aromatic rings. The van der Waals surface area contributed by atoms with Crippen molar-refractivity contribution in [3.05, 3.63) is 115 Å². The van der Waals surface area contributed by atoms with Gasteiger partial charge in [-0.15, -0.1) is 5.10 Å². The highest BCUT2D eigenvalue weighted by Crippen LogP contribution is 2.35. The van der Waals surface area contributed by atoms with Crippen molar-refractivity contribution in [2.24, 2.45) is 0 Å². The first-order valence-corrected chi connectivity index (χ1v) is 14.6. The Labute approximate surface area is 263 Å². The molecule has 0 aliphatic carbocycles. The zero-order chi connectivity index (χ0) is 31.9. The van der Waals surface area contributed by atoms with Gasteiger partial charge in [-0.05, 0) is 36.8 Å². The summed E-state index contributed by atoms with van der Waals surface area (Å²) < 4.78 is 19.9. The lowest BCUT2D eigenvalue weighted by Crippen LogP contribution is -2.33. The van der Waals surface area contributed by atoms with Crippen LogP contribution in [0.1, 0.15) is 41.1 Å². The number of hydrogen-bond acceptors (Lipinski definition) is 10. The molecule has 3 heterocycles. The molecule has 1 fully saturated rings. The second-order valence-electron chi connectivity index (χ2n) is 10.5. The normalized spacial score (nSPS) is 18.2. The maximum Gasteiger partial charge on any atom is 0.335 e. The number of H-pyrrole nitrogens is 1. The second-order valence-corrected chi connectivity index (χ2v) is 10.9. The molecule has 14 heteroatoms. The van der Waals surface area contributed by atoms with Gasteiger partial charge in [-0.2, -0.15) is 0 Å². The summed E-state index contributed by atoms with van der Waals surface area (Å²) in [7, 11) is 1.31. The van der Waals surface area contributed by atoms with E-state index < -0.39 is 35.6 Å². The molecule has 236 valence electrons. The summed E-state index contributed by atoms with van der Waals surface area (Å²) in [5.74, 6) is 0.0372. The number of aliphatic hydroxyl groups is 1. The van der Waals surface area contributed by atoms with Crippen LogP contribution in [0.5, 0.6) is 5.75 Å². The maximum atomic E-state index is 12.7. The minimum absolute atomic E-state index is 0.145. The van der Waals surface area contributed by atoms with Crippen LogP contribution in [-0.4, -0.2) is 62.0 Å². The van der Waals surface area contributed by atoms with E-state index in [2.05, 4.69) is 20.6 Å². The SMILES string of the molecule is COC(=O)/C(=C/c1cc(Cl)ccc1OCc1ccccc1)CNCc1cn([C@H]2C[C@H](n3cc(C)c(=O)[nH]c3=O)O[C@@H]2CO)nn1. The summed E-state index contributed by atoms with van der Waals surface area (Å²) in [4.78, 5) is 39.1. The number of esters is 1. The van der Waals surface area contributed by atoms with Crippen molar-refractivity contribution in [1.82, 2.24) is 29.9 Å². The van der Waals surface area contributed by atoms with Crippen molar-refractivity contribution in [3.63, 3.8) is 0 Å². The number of aryl methyl sites for hydroxylation is 1. The third-order valence-corrected chi connectivity index (χ3v) is 7.58. The van der Waals surface area contributed by atoms with Crippen molar-refractivity contribution >= 4 is 23.6 Å². The number of benzene rings is 2. The molecular formula is C31H33ClN6O7. The Kier molecular flexibility index (Phi) is 10.2. The molecule has 2 aromatic carbocycles. The van der Waals surface area contributed by atoms with Crippen LogP contribution in [0.3, 0.4) is 0 Å². The number of halogens is 1. The number of ether oxygens (including phenoxy) is 3. The first-order chi connectivity index (χ1) is 21.7. The van der Waals surface area contributed by atoms with Gasteiger partial charge in [0.05, 0.1) is 37.2 Å². The van der Waals surface area contributed by atoms with Crippen molar-refractivity contribution in [2.75, 3.05) is 20.3 Å². The van der Waals surface area contributed by atoms with E-state index >= 15 is 0 Å². The van der Waals surface area contributed by atoms with Crippen LogP contribution in [0.2, 0.25) is 5.02 Å². The van der Waals surface area contributed by atoms with E-state index in [9.17, 15) is 19.5 Å². The van der Waals surface area contributed by atoms with Gasteiger partial charge in [0.2, 0.25) is 0 Å². The summed E-state index contributed by atoms with van der Waals surface area (Å²) in [5.41, 5.74) is 1.83. The number of carbonyl (C=O) groups is 1. The molecule has 0 spiro atoms. The lowest BCUT2D eigenvalue weighted by atomic mass is 10.1. The Bertz CT molecular complexity index is 1780. The van der Waals surface area contributed by atoms with Crippen molar-refractivity contribution < 1.29 is 24.1 Å². The fraction of sp³-hybridized carbons (Fsp3) is 0.323. The fourth-order valence-corrected chi connectivity index (χ4v) is 5.19. The van der Waals surface area contributed by atoms with E-state index in [-0.39, 0.29) is 19.7 Å². The van der Waals surface area contributed by atoms with Gasteiger partial charge in [0.25, 0.3) is 5.56 Å². The van der Waals surface area contributed by atoms with Gasteiger partial charge >= 0.3 is 11.7 Å². The molecule has 0 radical (unpaired) electrons. The molecule has 3 atom stereocenters. The van der Waals surface area contributed by atoms with E-state index in [1.165, 1.54) is 17.9 Å². The highest BCUT2D eigenvalue weighted by molar-refractivity contribution is 6.30. The summed E-state index contributed by atoms with van der Waals surface area (Å²) >= 11 is 6.27. The molecule has 5 rings (SSSR count). The highest BCUT2D eigenvalue weighted by atomic mass is 35.5. The lowest BCUT2D eigenvalue weighted by molar-refractivity contribution is -0.136.